The number of hydrogen-bond donors (Lipinski definition) is 2. The van der Waals surface area contributed by atoms with Crippen LogP contribution in [0.1, 0.15) is 21.5 Å². The molecule has 0 aliphatic carbocycles. The van der Waals surface area contributed by atoms with Crippen LogP contribution in [0.4, 0.5) is 5.69 Å². The molecule has 0 saturated carbocycles. The van der Waals surface area contributed by atoms with E-state index >= 15 is 0 Å². The first kappa shape index (κ1) is 22.5. The van der Waals surface area contributed by atoms with Crippen LogP contribution >= 0.6 is 0 Å². The predicted molar refractivity (Wildman–Crippen MR) is 130 cm³/mol. The summed E-state index contributed by atoms with van der Waals surface area (Å²) in [6.07, 6.45) is 1.40. The summed E-state index contributed by atoms with van der Waals surface area (Å²) >= 11 is 0. The van der Waals surface area contributed by atoms with E-state index in [0.29, 0.717) is 22.2 Å². The number of ether oxygens (including phenoxy) is 1. The molecule has 0 radical (unpaired) electrons. The molecule has 0 fully saturated rings. The number of rotatable bonds is 7. The molecule has 9 nitrogen and oxygen atoms in total. The lowest BCUT2D eigenvalue weighted by Crippen LogP contribution is -2.32. The zero-order valence-electron chi connectivity index (χ0n) is 18.6. The first-order valence-electron chi connectivity index (χ1n) is 10.4. The summed E-state index contributed by atoms with van der Waals surface area (Å²) in [7, 11) is 3.79. The van der Waals surface area contributed by atoms with E-state index in [1.165, 1.54) is 18.3 Å². The number of H-pyrrole nitrogens is 1. The van der Waals surface area contributed by atoms with Crippen molar-refractivity contribution in [2.45, 2.75) is 6.61 Å². The van der Waals surface area contributed by atoms with Crippen molar-refractivity contribution in [3.63, 3.8) is 0 Å². The third kappa shape index (κ3) is 4.73. The van der Waals surface area contributed by atoms with Crippen molar-refractivity contribution >= 4 is 28.8 Å². The molecule has 0 amide bonds. The van der Waals surface area contributed by atoms with Crippen LogP contribution in [-0.2, 0) is 6.61 Å². The van der Waals surface area contributed by atoms with Crippen LogP contribution in [0.25, 0.3) is 10.9 Å². The topological polar surface area (TPSA) is 117 Å². The van der Waals surface area contributed by atoms with Crippen LogP contribution in [0.15, 0.2) is 81.4 Å². The van der Waals surface area contributed by atoms with Crippen LogP contribution in [0, 0.1) is 0 Å². The fraction of sp³-hybridized carbons (Fsp3) is 0.120. The van der Waals surface area contributed by atoms with E-state index in [-0.39, 0.29) is 12.2 Å². The number of para-hydroxylation sites is 1. The number of aromatic nitrogens is 2. The number of carboxylic acids is 1. The van der Waals surface area contributed by atoms with Gasteiger partial charge < -0.3 is 19.7 Å². The average molecular weight is 458 g/mol. The van der Waals surface area contributed by atoms with Gasteiger partial charge in [-0.1, -0.05) is 24.3 Å². The minimum Gasteiger partial charge on any atom is -0.488 e. The van der Waals surface area contributed by atoms with Crippen molar-refractivity contribution in [3.8, 4) is 5.75 Å². The number of hydrogen-bond acceptors (Lipinski definition) is 6. The highest BCUT2D eigenvalue weighted by atomic mass is 16.5. The van der Waals surface area contributed by atoms with Crippen molar-refractivity contribution in [3.05, 3.63) is 104 Å². The van der Waals surface area contributed by atoms with Gasteiger partial charge in [-0.3, -0.25) is 4.79 Å². The largest absolute Gasteiger partial charge is 0.488 e. The molecule has 34 heavy (non-hydrogen) atoms. The number of aromatic amines is 1. The van der Waals surface area contributed by atoms with Gasteiger partial charge in [0.2, 0.25) is 0 Å². The Balaban J connectivity index is 1.66. The van der Waals surface area contributed by atoms with Crippen LogP contribution in [-0.4, -0.2) is 41.0 Å². The molecule has 0 saturated heterocycles. The molecule has 0 atom stereocenters. The fourth-order valence-corrected chi connectivity index (χ4v) is 3.32. The number of fused-ring (bicyclic) bond motifs is 1. The standard InChI is InChI=1S/C25H22N4O5/c1-28(2)19-12-11-18(22(13-19)34-15-16-7-9-17(10-8-16)24(31)32)14-26-29-23(30)20-5-3-4-6-21(20)27-25(29)33/h3-14H,15H2,1-2H3,(H,27,33)(H,31,32). The average Bonchev–Trinajstić information content (AvgIpc) is 2.83. The summed E-state index contributed by atoms with van der Waals surface area (Å²) in [6.45, 7) is 0.189. The molecule has 2 N–H and O–H groups in total. The molecular weight excluding hydrogens is 436 g/mol. The first-order valence-corrected chi connectivity index (χ1v) is 10.4. The monoisotopic (exact) mass is 458 g/mol. The van der Waals surface area contributed by atoms with Gasteiger partial charge in [-0.05, 0) is 42.0 Å². The van der Waals surface area contributed by atoms with Crippen molar-refractivity contribution in [1.82, 2.24) is 9.66 Å². The summed E-state index contributed by atoms with van der Waals surface area (Å²) < 4.78 is 6.77. The van der Waals surface area contributed by atoms with Gasteiger partial charge in [0, 0.05) is 31.4 Å². The van der Waals surface area contributed by atoms with Gasteiger partial charge >= 0.3 is 11.7 Å². The van der Waals surface area contributed by atoms with E-state index in [0.717, 1.165) is 15.9 Å². The highest BCUT2D eigenvalue weighted by Crippen LogP contribution is 2.25. The highest BCUT2D eigenvalue weighted by Gasteiger charge is 2.09. The van der Waals surface area contributed by atoms with E-state index in [1.807, 2.05) is 31.1 Å². The van der Waals surface area contributed by atoms with Gasteiger partial charge in [0.15, 0.2) is 0 Å². The van der Waals surface area contributed by atoms with Crippen molar-refractivity contribution in [2.24, 2.45) is 5.10 Å². The number of nitrogens with one attached hydrogen (secondary N) is 1. The van der Waals surface area contributed by atoms with Gasteiger partial charge in [-0.2, -0.15) is 5.10 Å². The van der Waals surface area contributed by atoms with Gasteiger partial charge in [-0.25, -0.2) is 9.59 Å². The van der Waals surface area contributed by atoms with E-state index < -0.39 is 17.2 Å². The maximum atomic E-state index is 12.7. The summed E-state index contributed by atoms with van der Waals surface area (Å²) in [5.74, 6) is -0.508. The maximum Gasteiger partial charge on any atom is 0.349 e. The Kier molecular flexibility index (Phi) is 6.26. The number of benzene rings is 3. The quantitative estimate of drug-likeness (QED) is 0.411. The van der Waals surface area contributed by atoms with E-state index in [1.54, 1.807) is 42.5 Å². The third-order valence-electron chi connectivity index (χ3n) is 5.20. The summed E-state index contributed by atoms with van der Waals surface area (Å²) in [5.41, 5.74) is 1.69. The van der Waals surface area contributed by atoms with Crippen molar-refractivity contribution in [2.75, 3.05) is 19.0 Å². The second-order valence-electron chi connectivity index (χ2n) is 7.74. The zero-order chi connectivity index (χ0) is 24.2. The smallest absolute Gasteiger partial charge is 0.349 e. The number of carbonyl (C=O) groups is 1. The van der Waals surface area contributed by atoms with Crippen molar-refractivity contribution in [1.29, 1.82) is 0 Å². The molecule has 0 bridgehead atoms. The molecule has 172 valence electrons. The Hall–Kier alpha value is -4.66. The summed E-state index contributed by atoms with van der Waals surface area (Å²) in [5, 5.41) is 13.5. The SMILES string of the molecule is CN(C)c1ccc(C=Nn2c(=O)[nH]c3ccccc3c2=O)c(OCc2ccc(C(=O)O)cc2)c1. The van der Waals surface area contributed by atoms with Gasteiger partial charge in [0.25, 0.3) is 5.56 Å². The molecular formula is C25H22N4O5. The molecule has 0 spiro atoms. The molecule has 0 aliphatic rings. The lowest BCUT2D eigenvalue weighted by atomic mass is 10.1. The van der Waals surface area contributed by atoms with Crippen LogP contribution in [0.2, 0.25) is 0 Å². The normalized spacial score (nSPS) is 11.1. The third-order valence-corrected chi connectivity index (χ3v) is 5.20. The molecule has 0 aliphatic heterocycles. The Morgan fingerprint density at radius 3 is 2.53 bits per heavy atom. The molecule has 9 heteroatoms. The molecule has 4 rings (SSSR count). The number of aromatic carboxylic acids is 1. The van der Waals surface area contributed by atoms with E-state index in [2.05, 4.69) is 10.1 Å². The molecule has 0 unspecified atom stereocenters. The molecule has 3 aromatic carbocycles. The Morgan fingerprint density at radius 1 is 1.09 bits per heavy atom. The molecule has 1 aromatic heterocycles. The Labute approximate surface area is 194 Å². The van der Waals surface area contributed by atoms with Crippen LogP contribution in [0.5, 0.6) is 5.75 Å². The minimum absolute atomic E-state index is 0.189. The van der Waals surface area contributed by atoms with Crippen LogP contribution in [0.3, 0.4) is 0 Å². The molecule has 1 heterocycles. The predicted octanol–water partition coefficient (Wildman–Crippen LogP) is 2.92. The van der Waals surface area contributed by atoms with Gasteiger partial charge in [-0.15, -0.1) is 4.68 Å². The molecule has 4 aromatic rings. The Bertz CT molecular complexity index is 1500. The summed E-state index contributed by atoms with van der Waals surface area (Å²) in [4.78, 5) is 40.7. The van der Waals surface area contributed by atoms with E-state index in [9.17, 15) is 14.4 Å². The highest BCUT2D eigenvalue weighted by molar-refractivity contribution is 5.87. The Morgan fingerprint density at radius 2 is 1.82 bits per heavy atom. The van der Waals surface area contributed by atoms with Crippen molar-refractivity contribution < 1.29 is 14.6 Å². The lowest BCUT2D eigenvalue weighted by molar-refractivity contribution is 0.0697. The second kappa shape index (κ2) is 9.45. The first-order chi connectivity index (χ1) is 16.3. The van der Waals surface area contributed by atoms with E-state index in [4.69, 9.17) is 9.84 Å². The maximum absolute atomic E-state index is 12.7. The lowest BCUT2D eigenvalue weighted by Gasteiger charge is -2.16. The summed E-state index contributed by atoms with van der Waals surface area (Å²) in [6, 6.07) is 18.6. The fourth-order valence-electron chi connectivity index (χ4n) is 3.32. The number of nitrogens with zero attached hydrogens (tertiary/aromatic N) is 3. The van der Waals surface area contributed by atoms with Gasteiger partial charge in [0.05, 0.1) is 22.7 Å². The number of carboxylic acid groups (broad SMARTS) is 1. The van der Waals surface area contributed by atoms with Crippen LogP contribution < -0.4 is 20.9 Å². The second-order valence-corrected chi connectivity index (χ2v) is 7.74. The minimum atomic E-state index is -0.997. The number of anilines is 1. The zero-order valence-corrected chi connectivity index (χ0v) is 18.6. The van der Waals surface area contributed by atoms with Gasteiger partial charge in [0.1, 0.15) is 12.4 Å².